The van der Waals surface area contributed by atoms with Crippen molar-refractivity contribution in [1.82, 2.24) is 5.32 Å². The van der Waals surface area contributed by atoms with Gasteiger partial charge in [0.25, 0.3) is 0 Å². The summed E-state index contributed by atoms with van der Waals surface area (Å²) in [6.07, 6.45) is 3.12. The van der Waals surface area contributed by atoms with Gasteiger partial charge in [-0.05, 0) is 23.8 Å². The van der Waals surface area contributed by atoms with E-state index in [4.69, 9.17) is 5.26 Å². The van der Waals surface area contributed by atoms with Gasteiger partial charge in [-0.2, -0.15) is 5.26 Å². The minimum Gasteiger partial charge on any atom is -0.312 e. The van der Waals surface area contributed by atoms with E-state index in [1.165, 1.54) is 18.4 Å². The third kappa shape index (κ3) is 2.81. The highest BCUT2D eigenvalue weighted by Crippen LogP contribution is 2.47. The molecule has 1 aromatic carbocycles. The maximum atomic E-state index is 8.68. The van der Waals surface area contributed by atoms with Crippen molar-refractivity contribution >= 4 is 0 Å². The molecule has 0 amide bonds. The fourth-order valence-electron chi connectivity index (χ4n) is 1.83. The molecule has 1 fully saturated rings. The molecule has 0 saturated heterocycles. The maximum absolute atomic E-state index is 8.68. The molecular formula is C13H16N2. The van der Waals surface area contributed by atoms with E-state index < -0.39 is 0 Å². The van der Waals surface area contributed by atoms with Crippen LogP contribution >= 0.6 is 0 Å². The van der Waals surface area contributed by atoms with Crippen LogP contribution in [0, 0.1) is 16.7 Å². The summed E-state index contributed by atoms with van der Waals surface area (Å²) in [6.45, 7) is 1.89. The lowest BCUT2D eigenvalue weighted by molar-refractivity contribution is 0.466. The molecule has 1 aliphatic rings. The average Bonchev–Trinajstić information content (AvgIpc) is 3.00. The van der Waals surface area contributed by atoms with Gasteiger partial charge in [0.2, 0.25) is 0 Å². The molecule has 1 saturated carbocycles. The number of benzene rings is 1. The van der Waals surface area contributed by atoms with Gasteiger partial charge in [-0.25, -0.2) is 0 Å². The van der Waals surface area contributed by atoms with Crippen LogP contribution in [0.25, 0.3) is 0 Å². The molecule has 0 bridgehead atoms. The summed E-state index contributed by atoms with van der Waals surface area (Å²) >= 11 is 0. The van der Waals surface area contributed by atoms with E-state index >= 15 is 0 Å². The van der Waals surface area contributed by atoms with Crippen LogP contribution in [-0.4, -0.2) is 6.54 Å². The predicted octanol–water partition coefficient (Wildman–Crippen LogP) is 2.47. The normalized spacial score (nSPS) is 17.0. The van der Waals surface area contributed by atoms with E-state index in [1.54, 1.807) is 0 Å². The number of rotatable bonds is 5. The molecule has 0 unspecified atom stereocenters. The summed E-state index contributed by atoms with van der Waals surface area (Å²) in [5, 5.41) is 12.1. The van der Waals surface area contributed by atoms with Gasteiger partial charge in [0, 0.05) is 19.5 Å². The van der Waals surface area contributed by atoms with Crippen LogP contribution in [0.2, 0.25) is 0 Å². The zero-order valence-corrected chi connectivity index (χ0v) is 8.87. The lowest BCUT2D eigenvalue weighted by Gasteiger charge is -2.11. The molecule has 2 rings (SSSR count). The van der Waals surface area contributed by atoms with Gasteiger partial charge in [0.05, 0.1) is 6.07 Å². The van der Waals surface area contributed by atoms with Gasteiger partial charge in [-0.3, -0.25) is 0 Å². The van der Waals surface area contributed by atoms with E-state index in [2.05, 4.69) is 35.7 Å². The van der Waals surface area contributed by atoms with Crippen molar-refractivity contribution < 1.29 is 0 Å². The summed E-state index contributed by atoms with van der Waals surface area (Å²) in [6, 6.07) is 12.7. The standard InChI is InChI=1S/C13H16N2/c14-9-8-13(6-7-13)11-15-10-12-4-2-1-3-5-12/h1-5,15H,6-8,10-11H2. The van der Waals surface area contributed by atoms with Crippen molar-refractivity contribution in [2.24, 2.45) is 5.41 Å². The Bertz CT molecular complexity index is 347. The molecular weight excluding hydrogens is 184 g/mol. The van der Waals surface area contributed by atoms with Gasteiger partial charge in [-0.1, -0.05) is 30.3 Å². The fourth-order valence-corrected chi connectivity index (χ4v) is 1.83. The maximum Gasteiger partial charge on any atom is 0.0628 e. The van der Waals surface area contributed by atoms with E-state index in [9.17, 15) is 0 Å². The van der Waals surface area contributed by atoms with Crippen LogP contribution in [0.1, 0.15) is 24.8 Å². The molecule has 15 heavy (non-hydrogen) atoms. The quantitative estimate of drug-likeness (QED) is 0.792. The first-order valence-corrected chi connectivity index (χ1v) is 5.46. The predicted molar refractivity (Wildman–Crippen MR) is 60.0 cm³/mol. The number of hydrogen-bond donors (Lipinski definition) is 1. The van der Waals surface area contributed by atoms with Gasteiger partial charge < -0.3 is 5.32 Å². The number of nitrogens with zero attached hydrogens (tertiary/aromatic N) is 1. The highest BCUT2D eigenvalue weighted by molar-refractivity contribution is 5.14. The molecule has 0 radical (unpaired) electrons. The van der Waals surface area contributed by atoms with Crippen molar-refractivity contribution in [2.45, 2.75) is 25.8 Å². The molecule has 1 aromatic rings. The fraction of sp³-hybridized carbons (Fsp3) is 0.462. The van der Waals surface area contributed by atoms with E-state index in [0.717, 1.165) is 13.1 Å². The minimum atomic E-state index is 0.309. The molecule has 0 heterocycles. The molecule has 2 heteroatoms. The Kier molecular flexibility index (Phi) is 3.03. The SMILES string of the molecule is N#CCC1(CNCc2ccccc2)CC1. The topological polar surface area (TPSA) is 35.8 Å². The van der Waals surface area contributed by atoms with Crippen molar-refractivity contribution in [3.05, 3.63) is 35.9 Å². The second-order valence-electron chi connectivity index (χ2n) is 4.42. The third-order valence-corrected chi connectivity index (χ3v) is 3.08. The first kappa shape index (κ1) is 10.2. The highest BCUT2D eigenvalue weighted by atomic mass is 14.9. The van der Waals surface area contributed by atoms with E-state index in [0.29, 0.717) is 11.8 Å². The zero-order chi connectivity index (χ0) is 10.6. The van der Waals surface area contributed by atoms with Gasteiger partial charge in [0.15, 0.2) is 0 Å². The second-order valence-corrected chi connectivity index (χ2v) is 4.42. The van der Waals surface area contributed by atoms with Gasteiger partial charge in [0.1, 0.15) is 0 Å². The second kappa shape index (κ2) is 4.46. The Morgan fingerprint density at radius 1 is 1.27 bits per heavy atom. The Morgan fingerprint density at radius 2 is 2.00 bits per heavy atom. The van der Waals surface area contributed by atoms with E-state index in [1.807, 2.05) is 6.07 Å². The Balaban J connectivity index is 1.74. The number of hydrogen-bond acceptors (Lipinski definition) is 2. The van der Waals surface area contributed by atoms with Gasteiger partial charge in [-0.15, -0.1) is 0 Å². The molecule has 1 N–H and O–H groups in total. The summed E-state index contributed by atoms with van der Waals surface area (Å²) in [5.74, 6) is 0. The van der Waals surface area contributed by atoms with Crippen LogP contribution in [-0.2, 0) is 6.54 Å². The summed E-state index contributed by atoms with van der Waals surface area (Å²) in [7, 11) is 0. The molecule has 0 aliphatic heterocycles. The summed E-state index contributed by atoms with van der Waals surface area (Å²) in [4.78, 5) is 0. The molecule has 2 nitrogen and oxygen atoms in total. The average molecular weight is 200 g/mol. The smallest absolute Gasteiger partial charge is 0.0628 e. The van der Waals surface area contributed by atoms with Gasteiger partial charge >= 0.3 is 0 Å². The van der Waals surface area contributed by atoms with Crippen molar-refractivity contribution in [3.63, 3.8) is 0 Å². The summed E-state index contributed by atoms with van der Waals surface area (Å²) < 4.78 is 0. The van der Waals surface area contributed by atoms with Crippen LogP contribution in [0.15, 0.2) is 30.3 Å². The molecule has 0 aromatic heterocycles. The Hall–Kier alpha value is -1.33. The zero-order valence-electron chi connectivity index (χ0n) is 8.87. The van der Waals surface area contributed by atoms with Crippen LogP contribution in [0.4, 0.5) is 0 Å². The Morgan fingerprint density at radius 3 is 2.60 bits per heavy atom. The summed E-state index contributed by atoms with van der Waals surface area (Å²) in [5.41, 5.74) is 1.62. The Labute approximate surface area is 90.9 Å². The van der Waals surface area contributed by atoms with Crippen LogP contribution in [0.5, 0.6) is 0 Å². The lowest BCUT2D eigenvalue weighted by Crippen LogP contribution is -2.23. The van der Waals surface area contributed by atoms with Crippen molar-refractivity contribution in [3.8, 4) is 6.07 Å². The molecule has 78 valence electrons. The van der Waals surface area contributed by atoms with Crippen LogP contribution < -0.4 is 5.32 Å². The van der Waals surface area contributed by atoms with Crippen LogP contribution in [0.3, 0.4) is 0 Å². The largest absolute Gasteiger partial charge is 0.312 e. The van der Waals surface area contributed by atoms with E-state index in [-0.39, 0.29) is 0 Å². The first-order valence-electron chi connectivity index (χ1n) is 5.46. The molecule has 1 aliphatic carbocycles. The van der Waals surface area contributed by atoms with Crippen molar-refractivity contribution in [1.29, 1.82) is 5.26 Å². The third-order valence-electron chi connectivity index (χ3n) is 3.08. The monoisotopic (exact) mass is 200 g/mol. The molecule has 0 spiro atoms. The minimum absolute atomic E-state index is 0.309. The number of nitrogens with one attached hydrogen (secondary N) is 1. The highest BCUT2D eigenvalue weighted by Gasteiger charge is 2.41. The molecule has 0 atom stereocenters. The number of nitriles is 1. The lowest BCUT2D eigenvalue weighted by atomic mass is 10.0. The first-order chi connectivity index (χ1) is 7.35. The van der Waals surface area contributed by atoms with Crippen molar-refractivity contribution in [2.75, 3.05) is 6.54 Å².